The van der Waals surface area contributed by atoms with Crippen LogP contribution in [0.25, 0.3) is 11.3 Å². The van der Waals surface area contributed by atoms with Crippen LogP contribution in [0.3, 0.4) is 0 Å². The lowest BCUT2D eigenvalue weighted by Crippen LogP contribution is -2.58. The van der Waals surface area contributed by atoms with Gasteiger partial charge < -0.3 is 28.5 Å². The van der Waals surface area contributed by atoms with E-state index in [0.29, 0.717) is 32.2 Å². The van der Waals surface area contributed by atoms with Crippen molar-refractivity contribution in [3.05, 3.63) is 37.1 Å². The van der Waals surface area contributed by atoms with Gasteiger partial charge in [0.25, 0.3) is 0 Å². The highest BCUT2D eigenvalue weighted by atomic mass is 19.1. The van der Waals surface area contributed by atoms with E-state index in [-0.39, 0.29) is 25.0 Å². The molecule has 1 amide bonds. The zero-order chi connectivity index (χ0) is 35.5. The maximum absolute atomic E-state index is 16.2. The van der Waals surface area contributed by atoms with Crippen LogP contribution >= 0.6 is 0 Å². The topological polar surface area (TPSA) is 130 Å². The number of nitrogens with zero attached hydrogens (tertiary/aromatic N) is 4. The van der Waals surface area contributed by atoms with Crippen LogP contribution in [0.4, 0.5) is 9.18 Å². The average molecular weight is 671 g/mol. The first-order valence-corrected chi connectivity index (χ1v) is 16.9. The summed E-state index contributed by atoms with van der Waals surface area (Å²) in [6.45, 7) is 12.4. The first-order chi connectivity index (χ1) is 22.5. The largest absolute Gasteiger partial charge is 0.456 e. The normalized spacial score (nSPS) is 35.0. The van der Waals surface area contributed by atoms with Crippen LogP contribution in [0.1, 0.15) is 87.0 Å². The minimum absolute atomic E-state index is 0.0888. The number of hydrogen-bond donors (Lipinski definition) is 0. The number of rotatable bonds is 9. The number of methoxy groups -OCH3 is 1. The predicted octanol–water partition coefficient (Wildman–Crippen LogP) is 5.99. The molecule has 2 aliphatic heterocycles. The lowest BCUT2D eigenvalue weighted by atomic mass is 9.70. The number of esters is 1. The number of fused-ring (bicyclic) bond motifs is 1. The molecule has 0 bridgehead atoms. The number of pyridine rings is 1. The number of unbranched alkanes of at least 4 members (excludes halogenated alkanes) is 1. The van der Waals surface area contributed by atoms with Gasteiger partial charge in [-0.2, -0.15) is 0 Å². The van der Waals surface area contributed by atoms with Crippen molar-refractivity contribution < 1.29 is 37.8 Å². The summed E-state index contributed by atoms with van der Waals surface area (Å²) in [5, 5.41) is 0. The molecule has 0 spiro atoms. The Labute approximate surface area is 282 Å². The lowest BCUT2D eigenvalue weighted by molar-refractivity contribution is -0.180. The molecule has 0 radical (unpaired) electrons. The summed E-state index contributed by atoms with van der Waals surface area (Å²) in [6, 6.07) is 3.01. The number of hydrogen-bond acceptors (Lipinski definition) is 9. The number of alkyl halides is 1. The molecule has 11 nitrogen and oxygen atoms in total. The van der Waals surface area contributed by atoms with E-state index in [1.807, 2.05) is 22.9 Å². The Bertz CT molecular complexity index is 1470. The van der Waals surface area contributed by atoms with Crippen LogP contribution in [0.15, 0.2) is 37.1 Å². The van der Waals surface area contributed by atoms with Gasteiger partial charge in [0.2, 0.25) is 5.67 Å². The summed E-state index contributed by atoms with van der Waals surface area (Å²) in [6.07, 6.45) is 7.57. The monoisotopic (exact) mass is 670 g/mol. The molecule has 264 valence electrons. The molecule has 4 rings (SSSR count). The Morgan fingerprint density at radius 1 is 1.10 bits per heavy atom. The van der Waals surface area contributed by atoms with E-state index in [1.54, 1.807) is 65.2 Å². The third-order valence-corrected chi connectivity index (χ3v) is 10.2. The van der Waals surface area contributed by atoms with E-state index in [2.05, 4.69) is 9.97 Å². The second-order valence-corrected chi connectivity index (χ2v) is 14.7. The van der Waals surface area contributed by atoms with Crippen molar-refractivity contribution in [3.8, 4) is 11.3 Å². The second kappa shape index (κ2) is 14.4. The Hall–Kier alpha value is -3.67. The van der Waals surface area contributed by atoms with E-state index < -0.39 is 64.8 Å². The third kappa shape index (κ3) is 7.79. The Kier molecular flexibility index (Phi) is 11.2. The number of cyclic esters (lactones) is 1. The summed E-state index contributed by atoms with van der Waals surface area (Å²) in [4.78, 5) is 63.8. The molecule has 0 unspecified atom stereocenters. The zero-order valence-corrected chi connectivity index (χ0v) is 29.5. The molecular formula is C36H51FN4O7. The van der Waals surface area contributed by atoms with Gasteiger partial charge in [-0.05, 0) is 65.0 Å². The van der Waals surface area contributed by atoms with Gasteiger partial charge in [-0.15, -0.1) is 0 Å². The van der Waals surface area contributed by atoms with E-state index >= 15 is 4.39 Å². The fraction of sp³-hybridized carbons (Fsp3) is 0.667. The van der Waals surface area contributed by atoms with Crippen LogP contribution in [0.2, 0.25) is 0 Å². The zero-order valence-electron chi connectivity index (χ0n) is 29.5. The average Bonchev–Trinajstić information content (AvgIpc) is 3.62. The molecule has 12 heteroatoms. The van der Waals surface area contributed by atoms with Crippen molar-refractivity contribution in [1.82, 2.24) is 19.4 Å². The van der Waals surface area contributed by atoms with Crippen molar-refractivity contribution in [2.75, 3.05) is 13.7 Å². The second-order valence-electron chi connectivity index (χ2n) is 14.7. The predicted molar refractivity (Wildman–Crippen MR) is 177 cm³/mol. The summed E-state index contributed by atoms with van der Waals surface area (Å²) in [5.41, 5.74) is -4.50. The quantitative estimate of drug-likeness (QED) is 0.179. The van der Waals surface area contributed by atoms with Gasteiger partial charge in [0.1, 0.15) is 18.2 Å². The highest BCUT2D eigenvalue weighted by Crippen LogP contribution is 2.45. The highest BCUT2D eigenvalue weighted by Gasteiger charge is 2.60. The molecule has 2 aromatic heterocycles. The number of aromatic nitrogens is 3. The number of imidazole rings is 1. The number of ketones is 1. The minimum Gasteiger partial charge on any atom is -0.456 e. The summed E-state index contributed by atoms with van der Waals surface area (Å²) in [7, 11) is 1.50. The van der Waals surface area contributed by atoms with Crippen molar-refractivity contribution in [2.24, 2.45) is 17.3 Å². The molecule has 4 heterocycles. The van der Waals surface area contributed by atoms with Gasteiger partial charge in [-0.25, -0.2) is 19.0 Å². The van der Waals surface area contributed by atoms with Crippen LogP contribution in [-0.4, -0.2) is 86.2 Å². The molecule has 0 aromatic carbocycles. The fourth-order valence-electron chi connectivity index (χ4n) is 7.97. The van der Waals surface area contributed by atoms with Gasteiger partial charge >= 0.3 is 12.1 Å². The van der Waals surface area contributed by atoms with Crippen LogP contribution in [-0.2, 0) is 35.1 Å². The number of amides is 1. The highest BCUT2D eigenvalue weighted by molar-refractivity contribution is 5.85. The van der Waals surface area contributed by atoms with Gasteiger partial charge in [-0.3, -0.25) is 9.78 Å². The van der Waals surface area contributed by atoms with E-state index in [0.717, 1.165) is 18.2 Å². The number of halogens is 1. The van der Waals surface area contributed by atoms with E-state index in [1.165, 1.54) is 7.11 Å². The molecule has 2 fully saturated rings. The van der Waals surface area contributed by atoms with Gasteiger partial charge in [-0.1, -0.05) is 27.7 Å². The van der Waals surface area contributed by atoms with Gasteiger partial charge in [0, 0.05) is 68.0 Å². The first kappa shape index (κ1) is 37.2. The van der Waals surface area contributed by atoms with Gasteiger partial charge in [0.15, 0.2) is 5.60 Å². The van der Waals surface area contributed by atoms with Crippen molar-refractivity contribution in [2.45, 2.75) is 123 Å². The molecule has 48 heavy (non-hydrogen) atoms. The molecule has 8 atom stereocenters. The summed E-state index contributed by atoms with van der Waals surface area (Å²) < 4.78 is 35.9. The van der Waals surface area contributed by atoms with Gasteiger partial charge in [0.05, 0.1) is 23.7 Å². The number of Topliss-reactive ketones (excluding diaryl/α,β-unsaturated/α-hetero) is 1. The molecule has 0 aliphatic carbocycles. The third-order valence-electron chi connectivity index (χ3n) is 10.2. The lowest BCUT2D eigenvalue weighted by Gasteiger charge is -2.43. The summed E-state index contributed by atoms with van der Waals surface area (Å²) >= 11 is 0. The fourth-order valence-corrected chi connectivity index (χ4v) is 7.97. The Morgan fingerprint density at radius 3 is 2.44 bits per heavy atom. The number of aryl methyl sites for hydroxylation is 1. The molecule has 2 saturated heterocycles. The number of ether oxygens (including phenoxy) is 3. The first-order valence-electron chi connectivity index (χ1n) is 16.9. The molecular weight excluding hydrogens is 619 g/mol. The van der Waals surface area contributed by atoms with E-state index in [9.17, 15) is 19.2 Å². The van der Waals surface area contributed by atoms with Crippen molar-refractivity contribution in [1.29, 1.82) is 0 Å². The Morgan fingerprint density at radius 2 is 1.81 bits per heavy atom. The van der Waals surface area contributed by atoms with Crippen molar-refractivity contribution in [3.63, 3.8) is 0 Å². The smallest absolute Gasteiger partial charge is 0.410 e. The molecule has 2 aliphatic rings. The number of carbonyl (C=O) groups excluding carboxylic acids is 4. The molecule has 2 aromatic rings. The van der Waals surface area contributed by atoms with Crippen molar-refractivity contribution >= 4 is 24.1 Å². The Balaban J connectivity index is 1.61. The minimum atomic E-state index is -2.52. The van der Waals surface area contributed by atoms with Crippen LogP contribution < -0.4 is 0 Å². The maximum Gasteiger partial charge on any atom is 0.410 e. The molecule has 0 saturated carbocycles. The van der Waals surface area contributed by atoms with Crippen LogP contribution in [0.5, 0.6) is 0 Å². The number of carbonyl (C=O) groups is 4. The maximum atomic E-state index is 16.2. The summed E-state index contributed by atoms with van der Waals surface area (Å²) in [5.74, 6) is -2.51. The standard InChI is InChI=1S/C36H51FN4O7/c1-9-28-36(7)30(41(32(45)48-36)16-11-10-15-40-19-27(39-23-40)26-13-12-14-38-18-26)25(3)29(43)24(2)17-34(5,46-8)20-33(4,22-42)21-35(6,37)31(44)47-28/h12-14,18-19,22-25,28,30H,9-11,15-17,20-21H2,1-8H3/t24-,25+,28-,30-,33-,34-,35+,36-/m1/s1. The molecule has 0 N–H and O–H groups in total. The number of aldehydes is 1. The SMILES string of the molecule is CC[C@H]1OC(=O)[C@@](C)(F)C[C@](C)(C=O)C[C@](C)(OC)C[C@@H](C)C(=O)[C@H](C)[C@H]2N(CCCCn3cnc(-c4cccnc4)c3)C(=O)O[C@]12C. The van der Waals surface area contributed by atoms with Crippen LogP contribution in [0, 0.1) is 17.3 Å². The van der Waals surface area contributed by atoms with E-state index in [4.69, 9.17) is 14.2 Å².